The van der Waals surface area contributed by atoms with Crippen LogP contribution in [0.1, 0.15) is 28.3 Å². The van der Waals surface area contributed by atoms with E-state index in [-0.39, 0.29) is 11.6 Å². The molecule has 0 radical (unpaired) electrons. The SMILES string of the molecule is O=C(NCCCN(Cc1ccccn1)Cc1ccccn1)c1cc(-c2ccccc2)on1. The molecule has 3 heterocycles. The zero-order valence-electron chi connectivity index (χ0n) is 17.7. The smallest absolute Gasteiger partial charge is 0.273 e. The number of carbonyl (C=O) groups excluding carboxylic acids is 1. The molecule has 7 heteroatoms. The molecule has 0 aliphatic heterocycles. The van der Waals surface area contributed by atoms with Gasteiger partial charge in [-0.05, 0) is 30.7 Å². The van der Waals surface area contributed by atoms with Crippen molar-refractivity contribution in [3.05, 3.63) is 102 Å². The van der Waals surface area contributed by atoms with E-state index in [0.29, 0.717) is 12.3 Å². The molecule has 0 unspecified atom stereocenters. The van der Waals surface area contributed by atoms with Gasteiger partial charge in [0.1, 0.15) is 0 Å². The summed E-state index contributed by atoms with van der Waals surface area (Å²) in [5.74, 6) is 0.338. The van der Waals surface area contributed by atoms with Gasteiger partial charge in [-0.2, -0.15) is 0 Å². The Labute approximate surface area is 187 Å². The molecule has 0 atom stereocenters. The summed E-state index contributed by atoms with van der Waals surface area (Å²) in [6.45, 7) is 2.76. The van der Waals surface area contributed by atoms with Gasteiger partial charge in [0.15, 0.2) is 11.5 Å². The molecule has 4 aromatic rings. The highest BCUT2D eigenvalue weighted by atomic mass is 16.5. The van der Waals surface area contributed by atoms with E-state index in [9.17, 15) is 4.79 Å². The van der Waals surface area contributed by atoms with Crippen molar-refractivity contribution in [2.45, 2.75) is 19.5 Å². The average molecular weight is 428 g/mol. The fourth-order valence-electron chi connectivity index (χ4n) is 3.37. The van der Waals surface area contributed by atoms with Crippen molar-refractivity contribution in [2.75, 3.05) is 13.1 Å². The predicted octanol–water partition coefficient (Wildman–Crippen LogP) is 3.95. The molecule has 0 bridgehead atoms. The number of aromatic nitrogens is 3. The molecule has 0 aliphatic carbocycles. The van der Waals surface area contributed by atoms with Crippen LogP contribution in [0.4, 0.5) is 0 Å². The van der Waals surface area contributed by atoms with Crippen LogP contribution in [-0.4, -0.2) is 39.0 Å². The van der Waals surface area contributed by atoms with Gasteiger partial charge in [0.25, 0.3) is 5.91 Å². The predicted molar refractivity (Wildman–Crippen MR) is 121 cm³/mol. The van der Waals surface area contributed by atoms with E-state index in [1.165, 1.54) is 0 Å². The molecule has 0 saturated heterocycles. The van der Waals surface area contributed by atoms with Gasteiger partial charge >= 0.3 is 0 Å². The zero-order chi connectivity index (χ0) is 22.0. The lowest BCUT2D eigenvalue weighted by atomic mass is 10.1. The molecule has 162 valence electrons. The Kier molecular flexibility index (Phi) is 7.34. The monoisotopic (exact) mass is 427 g/mol. The molecule has 1 aromatic carbocycles. The Morgan fingerprint density at radius 3 is 2.16 bits per heavy atom. The number of benzene rings is 1. The van der Waals surface area contributed by atoms with Crippen LogP contribution in [-0.2, 0) is 13.1 Å². The van der Waals surface area contributed by atoms with Crippen LogP contribution >= 0.6 is 0 Å². The maximum absolute atomic E-state index is 12.4. The van der Waals surface area contributed by atoms with Crippen LogP contribution in [0.3, 0.4) is 0 Å². The topological polar surface area (TPSA) is 84.2 Å². The van der Waals surface area contributed by atoms with Crippen molar-refractivity contribution < 1.29 is 9.32 Å². The molecule has 3 aromatic heterocycles. The largest absolute Gasteiger partial charge is 0.355 e. The highest BCUT2D eigenvalue weighted by molar-refractivity contribution is 5.93. The van der Waals surface area contributed by atoms with Gasteiger partial charge in [0.05, 0.1) is 11.4 Å². The quantitative estimate of drug-likeness (QED) is 0.386. The fraction of sp³-hybridized carbons (Fsp3) is 0.200. The molecule has 0 saturated carbocycles. The highest BCUT2D eigenvalue weighted by Crippen LogP contribution is 2.19. The van der Waals surface area contributed by atoms with Gasteiger partial charge in [-0.15, -0.1) is 0 Å². The molecule has 0 aliphatic rings. The Morgan fingerprint density at radius 1 is 0.875 bits per heavy atom. The molecule has 0 spiro atoms. The number of nitrogens with zero attached hydrogens (tertiary/aromatic N) is 4. The van der Waals surface area contributed by atoms with Gasteiger partial charge < -0.3 is 9.84 Å². The minimum atomic E-state index is -0.239. The molecule has 7 nitrogen and oxygen atoms in total. The van der Waals surface area contributed by atoms with Gasteiger partial charge in [0, 0.05) is 50.2 Å². The van der Waals surface area contributed by atoms with Gasteiger partial charge in [-0.25, -0.2) is 0 Å². The third-order valence-corrected chi connectivity index (χ3v) is 4.96. The first-order valence-corrected chi connectivity index (χ1v) is 10.6. The number of hydrogen-bond acceptors (Lipinski definition) is 6. The van der Waals surface area contributed by atoms with Crippen LogP contribution in [0.2, 0.25) is 0 Å². The molecule has 32 heavy (non-hydrogen) atoms. The van der Waals surface area contributed by atoms with E-state index in [1.807, 2.05) is 66.7 Å². The zero-order valence-corrected chi connectivity index (χ0v) is 17.7. The first-order valence-electron chi connectivity index (χ1n) is 10.6. The Hall–Kier alpha value is -3.84. The van der Waals surface area contributed by atoms with Crippen LogP contribution in [0.15, 0.2) is 89.7 Å². The number of pyridine rings is 2. The second-order valence-corrected chi connectivity index (χ2v) is 7.40. The van der Waals surface area contributed by atoms with Crippen molar-refractivity contribution in [2.24, 2.45) is 0 Å². The molecule has 0 fully saturated rings. The van der Waals surface area contributed by atoms with Crippen molar-refractivity contribution in [1.82, 2.24) is 25.3 Å². The lowest BCUT2D eigenvalue weighted by Crippen LogP contribution is -2.30. The van der Waals surface area contributed by atoms with Crippen molar-refractivity contribution in [3.63, 3.8) is 0 Å². The maximum Gasteiger partial charge on any atom is 0.273 e. The summed E-state index contributed by atoms with van der Waals surface area (Å²) in [4.78, 5) is 23.6. The lowest BCUT2D eigenvalue weighted by molar-refractivity contribution is 0.0942. The Morgan fingerprint density at radius 2 is 1.53 bits per heavy atom. The molecule has 4 rings (SSSR count). The van der Waals surface area contributed by atoms with Crippen molar-refractivity contribution in [1.29, 1.82) is 0 Å². The average Bonchev–Trinajstić information content (AvgIpc) is 3.34. The number of rotatable bonds is 10. The van der Waals surface area contributed by atoms with E-state index in [4.69, 9.17) is 4.52 Å². The summed E-state index contributed by atoms with van der Waals surface area (Å²) in [5.41, 5.74) is 3.17. The summed E-state index contributed by atoms with van der Waals surface area (Å²) >= 11 is 0. The van der Waals surface area contributed by atoms with E-state index >= 15 is 0 Å². The minimum Gasteiger partial charge on any atom is -0.355 e. The normalized spacial score (nSPS) is 10.9. The summed E-state index contributed by atoms with van der Waals surface area (Å²) in [5, 5.41) is 6.83. The van der Waals surface area contributed by atoms with Crippen LogP contribution in [0, 0.1) is 0 Å². The second-order valence-electron chi connectivity index (χ2n) is 7.40. The van der Waals surface area contributed by atoms with E-state index in [0.717, 1.165) is 43.0 Å². The van der Waals surface area contributed by atoms with Crippen LogP contribution in [0.25, 0.3) is 11.3 Å². The number of carbonyl (C=O) groups is 1. The Balaban J connectivity index is 1.29. The highest BCUT2D eigenvalue weighted by Gasteiger charge is 2.14. The Bertz CT molecular complexity index is 1060. The van der Waals surface area contributed by atoms with E-state index in [1.54, 1.807) is 18.5 Å². The van der Waals surface area contributed by atoms with Gasteiger partial charge in [-0.1, -0.05) is 47.6 Å². The number of amides is 1. The summed E-state index contributed by atoms with van der Waals surface area (Å²) in [6, 6.07) is 23.1. The second kappa shape index (κ2) is 11.0. The summed E-state index contributed by atoms with van der Waals surface area (Å²) < 4.78 is 5.32. The number of hydrogen-bond donors (Lipinski definition) is 1. The van der Waals surface area contributed by atoms with Gasteiger partial charge in [-0.3, -0.25) is 19.7 Å². The standard InChI is InChI=1S/C25H25N5O2/c31-25(23-17-24(32-29-23)20-9-2-1-3-10-20)28-15-8-16-30(18-21-11-4-6-13-26-21)19-22-12-5-7-14-27-22/h1-7,9-14,17H,8,15-16,18-19H2,(H,28,31). The molecular weight excluding hydrogens is 402 g/mol. The fourth-order valence-corrected chi connectivity index (χ4v) is 3.37. The maximum atomic E-state index is 12.4. The summed E-state index contributed by atoms with van der Waals surface area (Å²) in [6.07, 6.45) is 4.39. The van der Waals surface area contributed by atoms with E-state index in [2.05, 4.69) is 25.3 Å². The first-order chi connectivity index (χ1) is 15.8. The first kappa shape index (κ1) is 21.4. The molecule has 1 N–H and O–H groups in total. The third-order valence-electron chi connectivity index (χ3n) is 4.96. The number of nitrogens with one attached hydrogen (secondary N) is 1. The lowest BCUT2D eigenvalue weighted by Gasteiger charge is -2.21. The van der Waals surface area contributed by atoms with Gasteiger partial charge in [0.2, 0.25) is 0 Å². The summed E-state index contributed by atoms with van der Waals surface area (Å²) in [7, 11) is 0. The minimum absolute atomic E-state index is 0.239. The van der Waals surface area contributed by atoms with E-state index < -0.39 is 0 Å². The molecular formula is C25H25N5O2. The third kappa shape index (κ3) is 6.09. The van der Waals surface area contributed by atoms with Crippen LogP contribution < -0.4 is 5.32 Å². The van der Waals surface area contributed by atoms with Crippen molar-refractivity contribution in [3.8, 4) is 11.3 Å². The molecule has 1 amide bonds. The van der Waals surface area contributed by atoms with Crippen molar-refractivity contribution >= 4 is 5.91 Å². The van der Waals surface area contributed by atoms with Crippen LogP contribution in [0.5, 0.6) is 0 Å².